The molecule has 25 heavy (non-hydrogen) atoms. The number of carboxylic acid groups (broad SMARTS) is 1. The van der Waals surface area contributed by atoms with Crippen LogP contribution in [0, 0.1) is 28.6 Å². The zero-order chi connectivity index (χ0) is 18.2. The van der Waals surface area contributed by atoms with Gasteiger partial charge in [-0.2, -0.15) is 0 Å². The summed E-state index contributed by atoms with van der Waals surface area (Å²) in [6.07, 6.45) is 8.39. The maximum absolute atomic E-state index is 12.0. The molecule has 2 fully saturated rings. The summed E-state index contributed by atoms with van der Waals surface area (Å²) in [5.74, 6) is 0.0773. The van der Waals surface area contributed by atoms with Crippen LogP contribution in [-0.2, 0) is 9.59 Å². The van der Waals surface area contributed by atoms with Crippen molar-refractivity contribution in [2.75, 3.05) is 0 Å². The molecule has 0 radical (unpaired) electrons. The minimum atomic E-state index is -1.61. The Kier molecular flexibility index (Phi) is 3.45. The lowest BCUT2D eigenvalue weighted by Crippen LogP contribution is -2.57. The third kappa shape index (κ3) is 1.98. The highest BCUT2D eigenvalue weighted by molar-refractivity contribution is 5.92. The van der Waals surface area contributed by atoms with Crippen LogP contribution in [0.25, 0.3) is 0 Å². The first kappa shape index (κ1) is 17.0. The molecule has 0 aromatic heterocycles. The fourth-order valence-electron chi connectivity index (χ4n) is 6.78. The highest BCUT2D eigenvalue weighted by atomic mass is 16.4. The fourth-order valence-corrected chi connectivity index (χ4v) is 6.78. The van der Waals surface area contributed by atoms with E-state index in [9.17, 15) is 19.8 Å². The number of hydrogen-bond donors (Lipinski definition) is 2. The maximum Gasteiger partial charge on any atom is 0.336 e. The summed E-state index contributed by atoms with van der Waals surface area (Å²) >= 11 is 0. The summed E-state index contributed by atoms with van der Waals surface area (Å²) in [6.45, 7) is 6.36. The van der Waals surface area contributed by atoms with E-state index in [1.54, 1.807) is 0 Å². The SMILES string of the molecule is CC1=C[C@@H]2[C@H](CC[C@@]3(C)[C@H]2CCC3(O)C(=O)O)[C@@]2(C)CCC(=O)C=C12. The second kappa shape index (κ2) is 5.06. The first-order valence-corrected chi connectivity index (χ1v) is 9.53. The van der Waals surface area contributed by atoms with E-state index in [0.29, 0.717) is 24.7 Å². The summed E-state index contributed by atoms with van der Waals surface area (Å²) in [5.41, 5.74) is 0.192. The van der Waals surface area contributed by atoms with Crippen molar-refractivity contribution < 1.29 is 19.8 Å². The molecule has 4 aliphatic rings. The van der Waals surface area contributed by atoms with Gasteiger partial charge in [0.2, 0.25) is 0 Å². The molecule has 0 bridgehead atoms. The number of rotatable bonds is 1. The molecule has 0 heterocycles. The summed E-state index contributed by atoms with van der Waals surface area (Å²) in [5, 5.41) is 20.6. The number of carbonyl (C=O) groups excluding carboxylic acids is 1. The number of carboxylic acids is 1. The highest BCUT2D eigenvalue weighted by Crippen LogP contribution is 2.66. The van der Waals surface area contributed by atoms with Crippen molar-refractivity contribution >= 4 is 11.8 Å². The Bertz CT molecular complexity index is 719. The average molecular weight is 344 g/mol. The number of hydrogen-bond acceptors (Lipinski definition) is 3. The number of fused-ring (bicyclic) bond motifs is 5. The van der Waals surface area contributed by atoms with Crippen molar-refractivity contribution in [3.8, 4) is 0 Å². The van der Waals surface area contributed by atoms with E-state index in [0.717, 1.165) is 25.7 Å². The molecule has 2 saturated carbocycles. The largest absolute Gasteiger partial charge is 0.479 e. The molecular weight excluding hydrogens is 316 g/mol. The van der Waals surface area contributed by atoms with Crippen molar-refractivity contribution in [1.82, 2.24) is 0 Å². The molecule has 0 spiro atoms. The van der Waals surface area contributed by atoms with Gasteiger partial charge in [0.15, 0.2) is 11.4 Å². The van der Waals surface area contributed by atoms with Crippen LogP contribution in [0.5, 0.6) is 0 Å². The van der Waals surface area contributed by atoms with Crippen molar-refractivity contribution in [3.05, 3.63) is 23.3 Å². The van der Waals surface area contributed by atoms with Crippen LogP contribution in [0.2, 0.25) is 0 Å². The van der Waals surface area contributed by atoms with Gasteiger partial charge in [-0.15, -0.1) is 0 Å². The maximum atomic E-state index is 12.0. The molecule has 4 aliphatic carbocycles. The van der Waals surface area contributed by atoms with E-state index in [4.69, 9.17) is 0 Å². The molecule has 0 saturated heterocycles. The van der Waals surface area contributed by atoms with Gasteiger partial charge in [-0.25, -0.2) is 4.79 Å². The van der Waals surface area contributed by atoms with E-state index in [2.05, 4.69) is 19.9 Å². The van der Waals surface area contributed by atoms with Crippen molar-refractivity contribution in [3.63, 3.8) is 0 Å². The third-order valence-electron chi connectivity index (χ3n) is 8.34. The zero-order valence-corrected chi connectivity index (χ0v) is 15.3. The van der Waals surface area contributed by atoms with Crippen LogP contribution in [0.1, 0.15) is 59.3 Å². The van der Waals surface area contributed by atoms with Crippen LogP contribution in [-0.4, -0.2) is 27.6 Å². The predicted octanol–water partition coefficient (Wildman–Crippen LogP) is 3.50. The van der Waals surface area contributed by atoms with Crippen LogP contribution in [0.4, 0.5) is 0 Å². The monoisotopic (exact) mass is 344 g/mol. The van der Waals surface area contributed by atoms with Gasteiger partial charge in [-0.05, 0) is 73.8 Å². The van der Waals surface area contributed by atoms with Crippen molar-refractivity contribution in [1.29, 1.82) is 0 Å². The zero-order valence-electron chi connectivity index (χ0n) is 15.3. The van der Waals surface area contributed by atoms with E-state index >= 15 is 0 Å². The predicted molar refractivity (Wildman–Crippen MR) is 93.8 cm³/mol. The van der Waals surface area contributed by atoms with Crippen LogP contribution in [0.3, 0.4) is 0 Å². The summed E-state index contributed by atoms with van der Waals surface area (Å²) in [4.78, 5) is 23.8. The van der Waals surface area contributed by atoms with Crippen LogP contribution >= 0.6 is 0 Å². The minimum Gasteiger partial charge on any atom is -0.479 e. The van der Waals surface area contributed by atoms with E-state index in [1.165, 1.54) is 11.1 Å². The molecule has 4 heteroatoms. The lowest BCUT2D eigenvalue weighted by Gasteiger charge is -2.57. The number of aliphatic hydroxyl groups is 1. The molecular formula is C21H28O4. The summed E-state index contributed by atoms with van der Waals surface area (Å²) < 4.78 is 0. The molecule has 0 aliphatic heterocycles. The molecule has 0 aromatic carbocycles. The van der Waals surface area contributed by atoms with Crippen LogP contribution in [0.15, 0.2) is 23.3 Å². The lowest BCUT2D eigenvalue weighted by atomic mass is 9.47. The van der Waals surface area contributed by atoms with E-state index in [-0.39, 0.29) is 17.1 Å². The van der Waals surface area contributed by atoms with Gasteiger partial charge in [0, 0.05) is 11.8 Å². The third-order valence-corrected chi connectivity index (χ3v) is 8.34. The quantitative estimate of drug-likeness (QED) is 0.763. The standard InChI is InChI=1S/C21H28O4/c1-12-10-14-15(19(2)7-4-13(22)11-17(12)19)5-8-20(3)16(14)6-9-21(20,25)18(23)24/h10-11,14-16,25H,4-9H2,1-3H3,(H,23,24)/t14-,15+,16+,19-,20+,21?/m1/s1. The molecule has 4 nitrogen and oxygen atoms in total. The van der Waals surface area contributed by atoms with Gasteiger partial charge in [0.05, 0.1) is 0 Å². The lowest BCUT2D eigenvalue weighted by molar-refractivity contribution is -0.179. The first-order chi connectivity index (χ1) is 11.6. The summed E-state index contributed by atoms with van der Waals surface area (Å²) in [7, 11) is 0. The molecule has 0 aromatic rings. The van der Waals surface area contributed by atoms with E-state index < -0.39 is 17.0 Å². The number of carbonyl (C=O) groups is 2. The van der Waals surface area contributed by atoms with Crippen molar-refractivity contribution in [2.45, 2.75) is 64.9 Å². The van der Waals surface area contributed by atoms with Crippen LogP contribution < -0.4 is 0 Å². The number of ketones is 1. The first-order valence-electron chi connectivity index (χ1n) is 9.53. The van der Waals surface area contributed by atoms with Gasteiger partial charge >= 0.3 is 5.97 Å². The molecule has 2 N–H and O–H groups in total. The second-order valence-electron chi connectivity index (χ2n) is 9.24. The Morgan fingerprint density at radius 2 is 1.84 bits per heavy atom. The molecule has 4 rings (SSSR count). The molecule has 1 unspecified atom stereocenters. The summed E-state index contributed by atoms with van der Waals surface area (Å²) in [6, 6.07) is 0. The van der Waals surface area contributed by atoms with Gasteiger partial charge in [0.25, 0.3) is 0 Å². The Labute approximate surface area is 149 Å². The second-order valence-corrected chi connectivity index (χ2v) is 9.24. The molecule has 6 atom stereocenters. The fraction of sp³-hybridized carbons (Fsp3) is 0.714. The van der Waals surface area contributed by atoms with Gasteiger partial charge in [0.1, 0.15) is 0 Å². The topological polar surface area (TPSA) is 74.6 Å². The number of allylic oxidation sites excluding steroid dienone is 4. The van der Waals surface area contributed by atoms with Gasteiger partial charge < -0.3 is 10.2 Å². The Hall–Kier alpha value is -1.42. The normalized spacial score (nSPS) is 48.8. The van der Waals surface area contributed by atoms with Crippen molar-refractivity contribution in [2.24, 2.45) is 28.6 Å². The number of aliphatic carboxylic acids is 1. The molecule has 0 amide bonds. The Balaban J connectivity index is 1.80. The van der Waals surface area contributed by atoms with Gasteiger partial charge in [-0.1, -0.05) is 25.5 Å². The highest BCUT2D eigenvalue weighted by Gasteiger charge is 2.66. The Morgan fingerprint density at radius 1 is 1.16 bits per heavy atom. The minimum absolute atomic E-state index is 0.00265. The Morgan fingerprint density at radius 3 is 2.52 bits per heavy atom. The van der Waals surface area contributed by atoms with Gasteiger partial charge in [-0.3, -0.25) is 4.79 Å². The smallest absolute Gasteiger partial charge is 0.336 e. The average Bonchev–Trinajstić information content (AvgIpc) is 2.83. The molecule has 136 valence electrons. The van der Waals surface area contributed by atoms with E-state index in [1.807, 2.05) is 13.0 Å².